The van der Waals surface area contributed by atoms with E-state index in [0.717, 1.165) is 12.3 Å². The zero-order valence-corrected chi connectivity index (χ0v) is 10.2. The molecule has 0 aliphatic heterocycles. The summed E-state index contributed by atoms with van der Waals surface area (Å²) in [6, 6.07) is 8.13. The lowest BCUT2D eigenvalue weighted by atomic mass is 10.2. The molecule has 0 fully saturated rings. The van der Waals surface area contributed by atoms with E-state index in [9.17, 15) is 0 Å². The number of hydrogen-bond acceptors (Lipinski definition) is 3. The molecule has 1 aromatic carbocycles. The Bertz CT molecular complexity index is 313. The summed E-state index contributed by atoms with van der Waals surface area (Å²) >= 11 is 0. The maximum atomic E-state index is 8.90. The van der Waals surface area contributed by atoms with E-state index in [0.29, 0.717) is 0 Å². The van der Waals surface area contributed by atoms with Gasteiger partial charge in [-0.1, -0.05) is 12.1 Å². The Morgan fingerprint density at radius 3 is 2.69 bits per heavy atom. The van der Waals surface area contributed by atoms with Gasteiger partial charge in [-0.15, -0.1) is 0 Å². The van der Waals surface area contributed by atoms with Crippen LogP contribution in [-0.2, 0) is 6.54 Å². The highest BCUT2D eigenvalue weighted by molar-refractivity contribution is 5.28. The van der Waals surface area contributed by atoms with E-state index in [1.807, 2.05) is 45.0 Å². The first kappa shape index (κ1) is 13.0. The maximum Gasteiger partial charge on any atom is 0.120 e. The zero-order chi connectivity index (χ0) is 12.0. The monoisotopic (exact) mass is 223 g/mol. The normalized spacial score (nSPS) is 12.8. The molecule has 16 heavy (non-hydrogen) atoms. The molecule has 0 heterocycles. The molecule has 0 aliphatic rings. The summed E-state index contributed by atoms with van der Waals surface area (Å²) < 4.78 is 5.61. The molecule has 0 aromatic heterocycles. The molecule has 0 saturated carbocycles. The fraction of sp³-hybridized carbons (Fsp3) is 0.538. The van der Waals surface area contributed by atoms with E-state index in [-0.39, 0.29) is 18.8 Å². The van der Waals surface area contributed by atoms with Crippen LogP contribution >= 0.6 is 0 Å². The highest BCUT2D eigenvalue weighted by Gasteiger charge is 2.01. The van der Waals surface area contributed by atoms with Crippen LogP contribution in [0.5, 0.6) is 5.75 Å². The summed E-state index contributed by atoms with van der Waals surface area (Å²) in [7, 11) is 0. The highest BCUT2D eigenvalue weighted by atomic mass is 16.5. The molecule has 0 radical (unpaired) electrons. The Balaban J connectivity index is 2.53. The van der Waals surface area contributed by atoms with Crippen LogP contribution in [-0.4, -0.2) is 23.9 Å². The molecule has 3 heteroatoms. The van der Waals surface area contributed by atoms with Crippen molar-refractivity contribution in [3.8, 4) is 5.75 Å². The Kier molecular flexibility index (Phi) is 5.29. The summed E-state index contributed by atoms with van der Waals surface area (Å²) in [4.78, 5) is 0. The zero-order valence-electron chi connectivity index (χ0n) is 10.2. The van der Waals surface area contributed by atoms with Gasteiger partial charge in [0.2, 0.25) is 0 Å². The fourth-order valence-corrected chi connectivity index (χ4v) is 1.36. The van der Waals surface area contributed by atoms with Crippen molar-refractivity contribution in [3.63, 3.8) is 0 Å². The molecule has 1 unspecified atom stereocenters. The van der Waals surface area contributed by atoms with E-state index in [2.05, 4.69) is 5.32 Å². The summed E-state index contributed by atoms with van der Waals surface area (Å²) in [5.74, 6) is 0.894. The van der Waals surface area contributed by atoms with Crippen LogP contribution in [0, 0.1) is 0 Å². The van der Waals surface area contributed by atoms with Crippen molar-refractivity contribution in [1.29, 1.82) is 0 Å². The first-order chi connectivity index (χ1) is 7.61. The van der Waals surface area contributed by atoms with Crippen LogP contribution in [0.4, 0.5) is 0 Å². The molecular formula is C13H21NO2. The molecule has 90 valence electrons. The van der Waals surface area contributed by atoms with Gasteiger partial charge in [-0.3, -0.25) is 0 Å². The first-order valence-corrected chi connectivity index (χ1v) is 5.71. The molecule has 0 bridgehead atoms. The largest absolute Gasteiger partial charge is 0.491 e. The van der Waals surface area contributed by atoms with Gasteiger partial charge in [0.15, 0.2) is 0 Å². The Morgan fingerprint density at radius 2 is 2.06 bits per heavy atom. The molecule has 1 rings (SSSR count). The van der Waals surface area contributed by atoms with Gasteiger partial charge in [0.25, 0.3) is 0 Å². The fourth-order valence-electron chi connectivity index (χ4n) is 1.36. The third-order valence-electron chi connectivity index (χ3n) is 2.20. The third-order valence-corrected chi connectivity index (χ3v) is 2.20. The predicted octanol–water partition coefficient (Wildman–Crippen LogP) is 1.94. The Labute approximate surface area is 97.4 Å². The number of aliphatic hydroxyl groups excluding tert-OH is 1. The van der Waals surface area contributed by atoms with Crippen LogP contribution in [0.15, 0.2) is 24.3 Å². The van der Waals surface area contributed by atoms with E-state index in [1.54, 1.807) is 0 Å². The van der Waals surface area contributed by atoms with Crippen LogP contribution in [0.25, 0.3) is 0 Å². The van der Waals surface area contributed by atoms with E-state index in [1.165, 1.54) is 5.56 Å². The summed E-state index contributed by atoms with van der Waals surface area (Å²) in [5.41, 5.74) is 1.17. The van der Waals surface area contributed by atoms with E-state index >= 15 is 0 Å². The standard InChI is InChI=1S/C13H21NO2/c1-10(2)16-13-6-4-5-12(7-13)8-14-11(3)9-15/h4-7,10-11,14-15H,8-9H2,1-3H3. The van der Waals surface area contributed by atoms with Crippen LogP contribution in [0.2, 0.25) is 0 Å². The van der Waals surface area contributed by atoms with Crippen molar-refractivity contribution >= 4 is 0 Å². The molecule has 1 atom stereocenters. The number of nitrogens with one attached hydrogen (secondary N) is 1. The van der Waals surface area contributed by atoms with Gasteiger partial charge in [0, 0.05) is 12.6 Å². The Hall–Kier alpha value is -1.06. The smallest absolute Gasteiger partial charge is 0.120 e. The molecule has 3 nitrogen and oxygen atoms in total. The molecule has 0 saturated heterocycles. The van der Waals surface area contributed by atoms with Crippen LogP contribution in [0.1, 0.15) is 26.3 Å². The topological polar surface area (TPSA) is 41.5 Å². The van der Waals surface area contributed by atoms with Gasteiger partial charge in [-0.2, -0.15) is 0 Å². The second kappa shape index (κ2) is 6.51. The van der Waals surface area contributed by atoms with Gasteiger partial charge < -0.3 is 15.2 Å². The molecule has 0 aliphatic carbocycles. The quantitative estimate of drug-likeness (QED) is 0.774. The minimum Gasteiger partial charge on any atom is -0.491 e. The van der Waals surface area contributed by atoms with E-state index in [4.69, 9.17) is 9.84 Å². The summed E-state index contributed by atoms with van der Waals surface area (Å²) in [6.07, 6.45) is 0.194. The lowest BCUT2D eigenvalue weighted by molar-refractivity contribution is 0.241. The van der Waals surface area contributed by atoms with Gasteiger partial charge in [0.05, 0.1) is 12.7 Å². The van der Waals surface area contributed by atoms with Crippen molar-refractivity contribution < 1.29 is 9.84 Å². The molecule has 1 aromatic rings. The van der Waals surface area contributed by atoms with Crippen molar-refractivity contribution in [2.45, 2.75) is 39.5 Å². The minimum absolute atomic E-state index is 0.120. The number of ether oxygens (including phenoxy) is 1. The number of benzene rings is 1. The maximum absolute atomic E-state index is 8.90. The van der Waals surface area contributed by atoms with Gasteiger partial charge >= 0.3 is 0 Å². The second-order valence-corrected chi connectivity index (χ2v) is 4.28. The van der Waals surface area contributed by atoms with Crippen molar-refractivity contribution in [2.24, 2.45) is 0 Å². The molecule has 2 N–H and O–H groups in total. The van der Waals surface area contributed by atoms with Crippen LogP contribution in [0.3, 0.4) is 0 Å². The predicted molar refractivity (Wildman–Crippen MR) is 65.6 cm³/mol. The van der Waals surface area contributed by atoms with Gasteiger partial charge in [-0.25, -0.2) is 0 Å². The van der Waals surface area contributed by atoms with Crippen molar-refractivity contribution in [1.82, 2.24) is 5.32 Å². The third kappa shape index (κ3) is 4.64. The van der Waals surface area contributed by atoms with Gasteiger partial charge in [-0.05, 0) is 38.5 Å². The lowest BCUT2D eigenvalue weighted by Gasteiger charge is -2.13. The van der Waals surface area contributed by atoms with E-state index < -0.39 is 0 Å². The van der Waals surface area contributed by atoms with Crippen molar-refractivity contribution in [3.05, 3.63) is 29.8 Å². The number of rotatable bonds is 6. The molecule has 0 amide bonds. The average Bonchev–Trinajstić information content (AvgIpc) is 2.25. The minimum atomic E-state index is 0.120. The molecule has 0 spiro atoms. The van der Waals surface area contributed by atoms with Crippen molar-refractivity contribution in [2.75, 3.05) is 6.61 Å². The molecular weight excluding hydrogens is 202 g/mol. The number of hydrogen-bond donors (Lipinski definition) is 2. The Morgan fingerprint density at radius 1 is 1.31 bits per heavy atom. The highest BCUT2D eigenvalue weighted by Crippen LogP contribution is 2.14. The SMILES string of the molecule is CC(CO)NCc1cccc(OC(C)C)c1. The lowest BCUT2D eigenvalue weighted by Crippen LogP contribution is -2.28. The number of aliphatic hydroxyl groups is 1. The van der Waals surface area contributed by atoms with Gasteiger partial charge in [0.1, 0.15) is 5.75 Å². The second-order valence-electron chi connectivity index (χ2n) is 4.28. The average molecular weight is 223 g/mol. The first-order valence-electron chi connectivity index (χ1n) is 5.71. The summed E-state index contributed by atoms with van der Waals surface area (Å²) in [5, 5.41) is 12.1. The van der Waals surface area contributed by atoms with Crippen LogP contribution < -0.4 is 10.1 Å². The summed E-state index contributed by atoms with van der Waals surface area (Å²) in [6.45, 7) is 6.88.